The molecule has 0 aromatic carbocycles. The number of amides is 2. The molecule has 0 spiro atoms. The minimum Gasteiger partial charge on any atom is -0.450 e. The lowest BCUT2D eigenvalue weighted by atomic mass is 10.2. The number of hydrogen-bond donors (Lipinski definition) is 1. The van der Waals surface area contributed by atoms with Crippen molar-refractivity contribution in [3.63, 3.8) is 0 Å². The van der Waals surface area contributed by atoms with Crippen molar-refractivity contribution in [1.29, 1.82) is 0 Å². The Balaban J connectivity index is 1.80. The normalized spacial score (nSPS) is 22.0. The SMILES string of the molecule is CCOC(=O)N1CCN(C(=O)C(C)N2CCNCC2)CC1. The number of carbonyl (C=O) groups excluding carboxylic acids is 2. The molecule has 1 atom stereocenters. The van der Waals surface area contributed by atoms with Gasteiger partial charge in [0, 0.05) is 52.4 Å². The van der Waals surface area contributed by atoms with Crippen LogP contribution in [-0.4, -0.2) is 91.7 Å². The Morgan fingerprint density at radius 3 is 2.19 bits per heavy atom. The monoisotopic (exact) mass is 298 g/mol. The molecule has 2 aliphatic heterocycles. The van der Waals surface area contributed by atoms with E-state index >= 15 is 0 Å². The summed E-state index contributed by atoms with van der Waals surface area (Å²) in [6.45, 7) is 10.2. The van der Waals surface area contributed by atoms with Crippen LogP contribution in [0.25, 0.3) is 0 Å². The van der Waals surface area contributed by atoms with E-state index in [1.165, 1.54) is 0 Å². The summed E-state index contributed by atoms with van der Waals surface area (Å²) in [6.07, 6.45) is -0.278. The van der Waals surface area contributed by atoms with Crippen molar-refractivity contribution in [2.45, 2.75) is 19.9 Å². The molecule has 2 saturated heterocycles. The van der Waals surface area contributed by atoms with E-state index in [0.717, 1.165) is 26.2 Å². The van der Waals surface area contributed by atoms with Crippen LogP contribution in [0.4, 0.5) is 4.79 Å². The molecule has 120 valence electrons. The van der Waals surface area contributed by atoms with E-state index in [4.69, 9.17) is 4.74 Å². The molecule has 0 bridgehead atoms. The van der Waals surface area contributed by atoms with Crippen LogP contribution in [0.5, 0.6) is 0 Å². The highest BCUT2D eigenvalue weighted by Crippen LogP contribution is 2.09. The maximum absolute atomic E-state index is 12.5. The summed E-state index contributed by atoms with van der Waals surface area (Å²) < 4.78 is 4.99. The molecule has 0 saturated carbocycles. The van der Waals surface area contributed by atoms with Crippen LogP contribution in [0.2, 0.25) is 0 Å². The number of hydrogen-bond acceptors (Lipinski definition) is 5. The fourth-order valence-electron chi connectivity index (χ4n) is 2.81. The van der Waals surface area contributed by atoms with Gasteiger partial charge in [0.15, 0.2) is 0 Å². The van der Waals surface area contributed by atoms with Gasteiger partial charge in [0.2, 0.25) is 5.91 Å². The third-order valence-electron chi connectivity index (χ3n) is 4.17. The van der Waals surface area contributed by atoms with Crippen molar-refractivity contribution < 1.29 is 14.3 Å². The largest absolute Gasteiger partial charge is 0.450 e. The van der Waals surface area contributed by atoms with Gasteiger partial charge in [-0.3, -0.25) is 9.69 Å². The fourth-order valence-corrected chi connectivity index (χ4v) is 2.81. The molecule has 0 aliphatic carbocycles. The third-order valence-corrected chi connectivity index (χ3v) is 4.17. The van der Waals surface area contributed by atoms with Crippen LogP contribution in [0.1, 0.15) is 13.8 Å². The Bertz CT molecular complexity index is 363. The van der Waals surface area contributed by atoms with Crippen LogP contribution in [0, 0.1) is 0 Å². The molecular formula is C14H26N4O3. The summed E-state index contributed by atoms with van der Waals surface area (Å²) in [5, 5.41) is 3.29. The highest BCUT2D eigenvalue weighted by molar-refractivity contribution is 5.82. The van der Waals surface area contributed by atoms with Gasteiger partial charge in [-0.15, -0.1) is 0 Å². The number of rotatable bonds is 3. The van der Waals surface area contributed by atoms with Crippen LogP contribution < -0.4 is 5.32 Å². The van der Waals surface area contributed by atoms with Gasteiger partial charge in [-0.2, -0.15) is 0 Å². The van der Waals surface area contributed by atoms with Crippen molar-refractivity contribution in [2.24, 2.45) is 0 Å². The van der Waals surface area contributed by atoms with Crippen molar-refractivity contribution in [3.8, 4) is 0 Å². The second-order valence-electron chi connectivity index (χ2n) is 5.47. The van der Waals surface area contributed by atoms with Gasteiger partial charge in [0.05, 0.1) is 12.6 Å². The fraction of sp³-hybridized carbons (Fsp3) is 0.857. The van der Waals surface area contributed by atoms with Crippen molar-refractivity contribution in [2.75, 3.05) is 59.0 Å². The molecule has 0 aromatic heterocycles. The first-order valence-corrected chi connectivity index (χ1v) is 7.78. The summed E-state index contributed by atoms with van der Waals surface area (Å²) in [5.41, 5.74) is 0. The molecule has 2 rings (SSSR count). The first kappa shape index (κ1) is 16.0. The second kappa shape index (κ2) is 7.61. The summed E-state index contributed by atoms with van der Waals surface area (Å²) in [4.78, 5) is 29.9. The molecule has 2 fully saturated rings. The molecule has 21 heavy (non-hydrogen) atoms. The summed E-state index contributed by atoms with van der Waals surface area (Å²) >= 11 is 0. The molecule has 2 amide bonds. The standard InChI is InChI=1S/C14H26N4O3/c1-3-21-14(20)18-10-8-17(9-11-18)13(19)12(2)16-6-4-15-5-7-16/h12,15H,3-11H2,1-2H3. The maximum Gasteiger partial charge on any atom is 0.409 e. The summed E-state index contributed by atoms with van der Waals surface area (Å²) in [5.74, 6) is 0.167. The zero-order chi connectivity index (χ0) is 15.2. The van der Waals surface area contributed by atoms with E-state index in [0.29, 0.717) is 32.8 Å². The topological polar surface area (TPSA) is 65.1 Å². The Kier molecular flexibility index (Phi) is 5.81. The maximum atomic E-state index is 12.5. The van der Waals surface area contributed by atoms with Crippen molar-refractivity contribution >= 4 is 12.0 Å². The van der Waals surface area contributed by atoms with E-state index in [1.54, 1.807) is 11.8 Å². The van der Waals surface area contributed by atoms with E-state index < -0.39 is 0 Å². The minimum atomic E-state index is -0.278. The molecule has 1 unspecified atom stereocenters. The number of ether oxygens (including phenoxy) is 1. The summed E-state index contributed by atoms with van der Waals surface area (Å²) in [7, 11) is 0. The number of nitrogens with one attached hydrogen (secondary N) is 1. The first-order chi connectivity index (χ1) is 10.1. The molecule has 7 heteroatoms. The first-order valence-electron chi connectivity index (χ1n) is 7.78. The van der Waals surface area contributed by atoms with Crippen LogP contribution in [0.3, 0.4) is 0 Å². The average Bonchev–Trinajstić information content (AvgIpc) is 2.54. The smallest absolute Gasteiger partial charge is 0.409 e. The molecule has 2 aliphatic rings. The lowest BCUT2D eigenvalue weighted by molar-refractivity contribution is -0.138. The second-order valence-corrected chi connectivity index (χ2v) is 5.47. The minimum absolute atomic E-state index is 0.0822. The predicted octanol–water partition coefficient (Wildman–Crippen LogP) is -0.419. The Hall–Kier alpha value is -1.34. The van der Waals surface area contributed by atoms with Crippen LogP contribution in [-0.2, 0) is 9.53 Å². The number of nitrogens with zero attached hydrogens (tertiary/aromatic N) is 3. The molecule has 0 radical (unpaired) electrons. The van der Waals surface area contributed by atoms with Crippen molar-refractivity contribution in [3.05, 3.63) is 0 Å². The van der Waals surface area contributed by atoms with Gasteiger partial charge in [-0.05, 0) is 13.8 Å². The van der Waals surface area contributed by atoms with Crippen molar-refractivity contribution in [1.82, 2.24) is 20.0 Å². The molecule has 7 nitrogen and oxygen atoms in total. The predicted molar refractivity (Wildman–Crippen MR) is 79.1 cm³/mol. The van der Waals surface area contributed by atoms with E-state index in [2.05, 4.69) is 10.2 Å². The zero-order valence-electron chi connectivity index (χ0n) is 13.0. The Morgan fingerprint density at radius 2 is 1.62 bits per heavy atom. The van der Waals surface area contributed by atoms with Gasteiger partial charge in [0.25, 0.3) is 0 Å². The van der Waals surface area contributed by atoms with E-state index in [9.17, 15) is 9.59 Å². The van der Waals surface area contributed by atoms with Gasteiger partial charge in [-0.1, -0.05) is 0 Å². The third kappa shape index (κ3) is 4.07. The number of piperazine rings is 2. The van der Waals surface area contributed by atoms with Gasteiger partial charge in [-0.25, -0.2) is 4.79 Å². The van der Waals surface area contributed by atoms with Gasteiger partial charge in [0.1, 0.15) is 0 Å². The van der Waals surface area contributed by atoms with E-state index in [1.807, 2.05) is 11.8 Å². The average molecular weight is 298 g/mol. The summed E-state index contributed by atoms with van der Waals surface area (Å²) in [6, 6.07) is -0.0822. The van der Waals surface area contributed by atoms with Gasteiger partial charge >= 0.3 is 6.09 Å². The lowest BCUT2D eigenvalue weighted by Crippen LogP contribution is -2.57. The zero-order valence-corrected chi connectivity index (χ0v) is 13.0. The lowest BCUT2D eigenvalue weighted by Gasteiger charge is -2.38. The molecule has 2 heterocycles. The molecule has 1 N–H and O–H groups in total. The highest BCUT2D eigenvalue weighted by atomic mass is 16.6. The van der Waals surface area contributed by atoms with E-state index in [-0.39, 0.29) is 18.0 Å². The Morgan fingerprint density at radius 1 is 1.05 bits per heavy atom. The van der Waals surface area contributed by atoms with Crippen LogP contribution >= 0.6 is 0 Å². The quantitative estimate of drug-likeness (QED) is 0.767. The highest BCUT2D eigenvalue weighted by Gasteiger charge is 2.30. The molecule has 0 aromatic rings. The van der Waals surface area contributed by atoms with Gasteiger partial charge < -0.3 is 19.9 Å². The number of carbonyl (C=O) groups is 2. The Labute approximate surface area is 126 Å². The molecular weight excluding hydrogens is 272 g/mol. The van der Waals surface area contributed by atoms with Crippen LogP contribution in [0.15, 0.2) is 0 Å².